The molecule has 1 saturated heterocycles. The van der Waals surface area contributed by atoms with Crippen LogP contribution in [0.15, 0.2) is 48.5 Å². The molecule has 206 valence electrons. The molecule has 3 aliphatic rings. The van der Waals surface area contributed by atoms with Gasteiger partial charge in [-0.1, -0.05) is 44.2 Å². The van der Waals surface area contributed by atoms with Crippen molar-refractivity contribution in [1.29, 1.82) is 0 Å². The summed E-state index contributed by atoms with van der Waals surface area (Å²) < 4.78 is 5.96. The average Bonchev–Trinajstić information content (AvgIpc) is 3.57. The zero-order valence-electron chi connectivity index (χ0n) is 21.8. The summed E-state index contributed by atoms with van der Waals surface area (Å²) in [5.41, 5.74) is 10.5. The number of nitrogens with one attached hydrogen (secondary N) is 6. The van der Waals surface area contributed by atoms with Crippen molar-refractivity contribution in [2.24, 2.45) is 5.92 Å². The number of carbonyl (C=O) groups excluding carboxylic acids is 4. The van der Waals surface area contributed by atoms with Gasteiger partial charge in [-0.25, -0.2) is 10.9 Å². The van der Waals surface area contributed by atoms with Gasteiger partial charge in [0.2, 0.25) is 11.8 Å². The number of para-hydroxylation sites is 1. The summed E-state index contributed by atoms with van der Waals surface area (Å²) in [6.45, 7) is 4.53. The summed E-state index contributed by atoms with van der Waals surface area (Å²) in [6, 6.07) is 11.3. The highest BCUT2D eigenvalue weighted by Crippen LogP contribution is 2.42. The van der Waals surface area contributed by atoms with Crippen molar-refractivity contribution in [2.75, 3.05) is 24.6 Å². The van der Waals surface area contributed by atoms with Gasteiger partial charge in [0, 0.05) is 25.1 Å². The average molecular weight is 536 g/mol. The topological polar surface area (TPSA) is 153 Å². The van der Waals surface area contributed by atoms with E-state index in [4.69, 9.17) is 4.74 Å². The molecular formula is C27H33N7O5. The van der Waals surface area contributed by atoms with Gasteiger partial charge in [-0.05, 0) is 29.7 Å². The third kappa shape index (κ3) is 5.58. The molecule has 5 rings (SSSR count). The van der Waals surface area contributed by atoms with Crippen LogP contribution >= 0.6 is 0 Å². The molecule has 2 aromatic carbocycles. The van der Waals surface area contributed by atoms with Crippen molar-refractivity contribution in [1.82, 2.24) is 32.3 Å². The highest BCUT2D eigenvalue weighted by atomic mass is 16.5. The summed E-state index contributed by atoms with van der Waals surface area (Å²) in [6.07, 6.45) is 0.334. The molecule has 3 aliphatic heterocycles. The van der Waals surface area contributed by atoms with Crippen LogP contribution < -0.4 is 42.0 Å². The Morgan fingerprint density at radius 1 is 1.10 bits per heavy atom. The second-order valence-electron chi connectivity index (χ2n) is 10.2. The van der Waals surface area contributed by atoms with Crippen molar-refractivity contribution in [3.63, 3.8) is 0 Å². The summed E-state index contributed by atoms with van der Waals surface area (Å²) in [4.78, 5) is 54.7. The van der Waals surface area contributed by atoms with Gasteiger partial charge in [-0.3, -0.25) is 24.1 Å². The Morgan fingerprint density at radius 3 is 2.62 bits per heavy atom. The van der Waals surface area contributed by atoms with Crippen molar-refractivity contribution in [3.8, 4) is 5.75 Å². The first-order valence-electron chi connectivity index (χ1n) is 13.1. The van der Waals surface area contributed by atoms with Gasteiger partial charge >= 0.3 is 0 Å². The van der Waals surface area contributed by atoms with Gasteiger partial charge in [-0.15, -0.1) is 0 Å². The molecule has 4 atom stereocenters. The summed E-state index contributed by atoms with van der Waals surface area (Å²) in [5.74, 6) is -1.38. The molecule has 4 amide bonds. The molecule has 3 heterocycles. The number of carbonyl (C=O) groups is 4. The Kier molecular flexibility index (Phi) is 7.77. The third-order valence-electron chi connectivity index (χ3n) is 7.12. The largest absolute Gasteiger partial charge is 0.489 e. The molecule has 0 spiro atoms. The Bertz CT molecular complexity index is 1250. The van der Waals surface area contributed by atoms with Gasteiger partial charge in [-0.2, -0.15) is 5.53 Å². The first-order chi connectivity index (χ1) is 18.8. The first-order valence-corrected chi connectivity index (χ1v) is 13.1. The standard InChI is InChI=1S/C27H33N7O5/c1-15(2)22(31-24(35)16-7-4-3-5-8-16)26(37)30-19-14-39-21-10-6-9-17-11-20(34(23(17)21)27(19)38)25(36)28-12-18-13-29-33-32-18/h3-10,15,18-20,22,29,32-33H,11-14H2,1-2H3,(H,28,36)(H,30,37)(H,31,35)/t18?,19-,20-,22-/m0/s1. The number of nitrogens with zero attached hydrogens (tertiary/aromatic N) is 1. The Balaban J connectivity index is 1.32. The van der Waals surface area contributed by atoms with Crippen LogP contribution in [0.1, 0.15) is 29.8 Å². The van der Waals surface area contributed by atoms with Gasteiger partial charge < -0.3 is 20.7 Å². The minimum absolute atomic E-state index is 0.00237. The second kappa shape index (κ2) is 11.4. The highest BCUT2D eigenvalue weighted by Gasteiger charge is 2.45. The minimum atomic E-state index is -1.05. The van der Waals surface area contributed by atoms with Crippen LogP contribution in [0.3, 0.4) is 0 Å². The van der Waals surface area contributed by atoms with Crippen molar-refractivity contribution >= 4 is 29.3 Å². The van der Waals surface area contributed by atoms with Crippen LogP contribution in [0, 0.1) is 5.92 Å². The number of hydrazine groups is 2. The van der Waals surface area contributed by atoms with Crippen LogP contribution in [-0.2, 0) is 20.8 Å². The lowest BCUT2D eigenvalue weighted by atomic mass is 10.0. The number of anilines is 1. The predicted octanol–water partition coefficient (Wildman–Crippen LogP) is -0.627. The Labute approximate surface area is 226 Å². The maximum atomic E-state index is 13.9. The van der Waals surface area contributed by atoms with Crippen molar-refractivity contribution in [2.45, 2.75) is 44.4 Å². The molecule has 12 heteroatoms. The van der Waals surface area contributed by atoms with Gasteiger partial charge in [0.25, 0.3) is 11.8 Å². The normalized spacial score (nSPS) is 22.5. The maximum absolute atomic E-state index is 13.9. The minimum Gasteiger partial charge on any atom is -0.489 e. The SMILES string of the molecule is CC(C)[C@H](NC(=O)c1ccccc1)C(=O)N[C@H]1COc2cccc3c2N(C1=O)[C@H](C(=O)NCC1CNNN1)C3. The van der Waals surface area contributed by atoms with E-state index in [1.165, 1.54) is 4.90 Å². The number of rotatable bonds is 8. The zero-order valence-corrected chi connectivity index (χ0v) is 21.8. The van der Waals surface area contributed by atoms with Crippen LogP contribution in [0.4, 0.5) is 5.69 Å². The molecule has 6 N–H and O–H groups in total. The monoisotopic (exact) mass is 535 g/mol. The Hall–Kier alpha value is -4.00. The second-order valence-corrected chi connectivity index (χ2v) is 10.2. The summed E-state index contributed by atoms with van der Waals surface area (Å²) in [7, 11) is 0. The van der Waals surface area contributed by atoms with E-state index in [0.717, 1.165) is 5.56 Å². The number of hydrogen-bond acceptors (Lipinski definition) is 8. The predicted molar refractivity (Wildman–Crippen MR) is 142 cm³/mol. The lowest BCUT2D eigenvalue weighted by Gasteiger charge is -2.28. The molecule has 2 aromatic rings. The molecule has 0 bridgehead atoms. The fraction of sp³-hybridized carbons (Fsp3) is 0.407. The molecule has 12 nitrogen and oxygen atoms in total. The number of amides is 4. The first kappa shape index (κ1) is 26.6. The summed E-state index contributed by atoms with van der Waals surface area (Å²) >= 11 is 0. The van der Waals surface area contributed by atoms with E-state index in [1.807, 2.05) is 26.0 Å². The zero-order chi connectivity index (χ0) is 27.5. The molecule has 1 fully saturated rings. The molecular weight excluding hydrogens is 502 g/mol. The molecule has 1 unspecified atom stereocenters. The summed E-state index contributed by atoms with van der Waals surface area (Å²) in [5, 5.41) is 8.48. The van der Waals surface area contributed by atoms with Crippen LogP contribution in [0.25, 0.3) is 0 Å². The van der Waals surface area contributed by atoms with Gasteiger partial charge in [0.15, 0.2) is 0 Å². The highest BCUT2D eigenvalue weighted by molar-refractivity contribution is 6.08. The lowest BCUT2D eigenvalue weighted by Crippen LogP contribution is -2.59. The molecule has 0 saturated carbocycles. The van der Waals surface area contributed by atoms with E-state index >= 15 is 0 Å². The van der Waals surface area contributed by atoms with Gasteiger partial charge in [0.05, 0.1) is 11.7 Å². The number of ether oxygens (including phenoxy) is 1. The molecule has 0 aromatic heterocycles. The fourth-order valence-corrected chi connectivity index (χ4v) is 5.02. The van der Waals surface area contributed by atoms with Crippen LogP contribution in [0.5, 0.6) is 5.75 Å². The van der Waals surface area contributed by atoms with E-state index < -0.39 is 29.9 Å². The third-order valence-corrected chi connectivity index (χ3v) is 7.12. The van der Waals surface area contributed by atoms with Gasteiger partial charge in [0.1, 0.15) is 30.5 Å². The molecule has 39 heavy (non-hydrogen) atoms. The quantitative estimate of drug-likeness (QED) is 0.261. The number of hydrogen-bond donors (Lipinski definition) is 6. The number of benzene rings is 2. The van der Waals surface area contributed by atoms with Crippen LogP contribution in [0.2, 0.25) is 0 Å². The van der Waals surface area contributed by atoms with E-state index in [-0.39, 0.29) is 30.4 Å². The van der Waals surface area contributed by atoms with Crippen LogP contribution in [-0.4, -0.2) is 67.5 Å². The molecule has 0 aliphatic carbocycles. The fourth-order valence-electron chi connectivity index (χ4n) is 5.02. The van der Waals surface area contributed by atoms with E-state index in [9.17, 15) is 19.2 Å². The smallest absolute Gasteiger partial charge is 0.253 e. The van der Waals surface area contributed by atoms with Crippen molar-refractivity contribution in [3.05, 3.63) is 59.7 Å². The lowest BCUT2D eigenvalue weighted by molar-refractivity contribution is -0.131. The van der Waals surface area contributed by atoms with Crippen molar-refractivity contribution < 1.29 is 23.9 Å². The van der Waals surface area contributed by atoms with E-state index in [0.29, 0.717) is 36.5 Å². The Morgan fingerprint density at radius 2 is 1.90 bits per heavy atom. The van der Waals surface area contributed by atoms with E-state index in [1.54, 1.807) is 36.4 Å². The van der Waals surface area contributed by atoms with E-state index in [2.05, 4.69) is 32.3 Å². The molecule has 0 radical (unpaired) electrons. The maximum Gasteiger partial charge on any atom is 0.253 e.